The Morgan fingerprint density at radius 3 is 2.71 bits per heavy atom. The lowest BCUT2D eigenvalue weighted by Crippen LogP contribution is -2.35. The molecule has 0 unspecified atom stereocenters. The Morgan fingerprint density at radius 2 is 2.18 bits per heavy atom. The first-order chi connectivity index (χ1) is 7.97. The Bertz CT molecular complexity index is 502. The molecule has 0 atom stereocenters. The van der Waals surface area contributed by atoms with E-state index in [9.17, 15) is 9.18 Å². The van der Waals surface area contributed by atoms with Crippen molar-refractivity contribution in [3.05, 3.63) is 29.0 Å². The zero-order valence-corrected chi connectivity index (χ0v) is 10.4. The maximum Gasteiger partial charge on any atom is 0.237 e. The van der Waals surface area contributed by atoms with Crippen LogP contribution in [-0.2, 0) is 4.79 Å². The van der Waals surface area contributed by atoms with E-state index in [1.807, 2.05) is 0 Å². The molecular formula is C11H10ClFN2OS. The Balaban J connectivity index is 2.20. The molecule has 0 heterocycles. The molecule has 3 nitrogen and oxygen atoms in total. The highest BCUT2D eigenvalue weighted by Crippen LogP contribution is 2.47. The molecule has 1 aliphatic carbocycles. The van der Waals surface area contributed by atoms with Gasteiger partial charge in [0.2, 0.25) is 5.91 Å². The molecule has 1 aromatic rings. The number of thiocarbonyl (C=S) groups is 1. The van der Waals surface area contributed by atoms with Crippen LogP contribution < -0.4 is 11.1 Å². The van der Waals surface area contributed by atoms with Crippen LogP contribution in [0.15, 0.2) is 18.2 Å². The summed E-state index contributed by atoms with van der Waals surface area (Å²) in [5, 5.41) is 2.43. The smallest absolute Gasteiger partial charge is 0.237 e. The SMILES string of the molecule is NC(=S)C1(C(=O)Nc2cccc(Cl)c2F)CC1. The topological polar surface area (TPSA) is 55.1 Å². The third-order valence-electron chi connectivity index (χ3n) is 2.86. The normalized spacial score (nSPS) is 16.4. The minimum Gasteiger partial charge on any atom is -0.392 e. The van der Waals surface area contributed by atoms with Gasteiger partial charge in [0.15, 0.2) is 5.82 Å². The predicted octanol–water partition coefficient (Wildman–Crippen LogP) is 2.48. The van der Waals surface area contributed by atoms with E-state index in [0.29, 0.717) is 12.8 Å². The van der Waals surface area contributed by atoms with Gasteiger partial charge >= 0.3 is 0 Å². The summed E-state index contributed by atoms with van der Waals surface area (Å²) >= 11 is 10.5. The summed E-state index contributed by atoms with van der Waals surface area (Å²) in [4.78, 5) is 12.1. The van der Waals surface area contributed by atoms with Crippen molar-refractivity contribution in [3.8, 4) is 0 Å². The van der Waals surface area contributed by atoms with E-state index in [4.69, 9.17) is 29.6 Å². The molecule has 17 heavy (non-hydrogen) atoms. The van der Waals surface area contributed by atoms with Crippen molar-refractivity contribution >= 4 is 40.4 Å². The summed E-state index contributed by atoms with van der Waals surface area (Å²) in [6.07, 6.45) is 1.21. The van der Waals surface area contributed by atoms with E-state index in [2.05, 4.69) is 5.32 Å². The number of nitrogens with one attached hydrogen (secondary N) is 1. The van der Waals surface area contributed by atoms with Crippen LogP contribution in [0.5, 0.6) is 0 Å². The second kappa shape index (κ2) is 4.23. The number of hydrogen-bond donors (Lipinski definition) is 2. The average Bonchev–Trinajstić information content (AvgIpc) is 3.05. The summed E-state index contributed by atoms with van der Waals surface area (Å²) in [7, 11) is 0. The molecule has 0 saturated heterocycles. The van der Waals surface area contributed by atoms with Crippen molar-refractivity contribution in [1.82, 2.24) is 0 Å². The maximum absolute atomic E-state index is 13.6. The van der Waals surface area contributed by atoms with E-state index in [-0.39, 0.29) is 21.6 Å². The number of benzene rings is 1. The summed E-state index contributed by atoms with van der Waals surface area (Å²) in [5.74, 6) is -1.02. The molecular weight excluding hydrogens is 263 g/mol. The standard InChI is InChI=1S/C11H10ClFN2OS/c12-6-2-1-3-7(8(6)13)15-10(16)11(4-5-11)9(14)17/h1-3H,4-5H2,(H2,14,17)(H,15,16). The number of carbonyl (C=O) groups excluding carboxylic acids is 1. The van der Waals surface area contributed by atoms with Crippen LogP contribution in [0, 0.1) is 11.2 Å². The molecule has 1 aliphatic rings. The van der Waals surface area contributed by atoms with Crippen LogP contribution in [-0.4, -0.2) is 10.9 Å². The van der Waals surface area contributed by atoms with Gasteiger partial charge in [-0.2, -0.15) is 0 Å². The van der Waals surface area contributed by atoms with E-state index < -0.39 is 11.2 Å². The monoisotopic (exact) mass is 272 g/mol. The molecule has 0 bridgehead atoms. The van der Waals surface area contributed by atoms with Crippen molar-refractivity contribution in [2.75, 3.05) is 5.32 Å². The fraction of sp³-hybridized carbons (Fsp3) is 0.273. The van der Waals surface area contributed by atoms with Crippen molar-refractivity contribution in [2.24, 2.45) is 11.1 Å². The van der Waals surface area contributed by atoms with Gasteiger partial charge in [0.05, 0.1) is 21.1 Å². The number of carbonyl (C=O) groups is 1. The summed E-state index contributed by atoms with van der Waals surface area (Å²) in [6.45, 7) is 0. The van der Waals surface area contributed by atoms with E-state index in [1.165, 1.54) is 12.1 Å². The zero-order chi connectivity index (χ0) is 12.6. The van der Waals surface area contributed by atoms with Gasteiger partial charge in [-0.3, -0.25) is 4.79 Å². The second-order valence-corrected chi connectivity index (χ2v) is 4.85. The molecule has 1 amide bonds. The van der Waals surface area contributed by atoms with Gasteiger partial charge < -0.3 is 11.1 Å². The number of nitrogens with two attached hydrogens (primary N) is 1. The number of amides is 1. The molecule has 0 radical (unpaired) electrons. The Hall–Kier alpha value is -1.20. The van der Waals surface area contributed by atoms with Gasteiger partial charge in [0.25, 0.3) is 0 Å². The Labute approximate surface area is 108 Å². The van der Waals surface area contributed by atoms with Gasteiger partial charge in [-0.05, 0) is 25.0 Å². The zero-order valence-electron chi connectivity index (χ0n) is 8.80. The Morgan fingerprint density at radius 1 is 1.53 bits per heavy atom. The quantitative estimate of drug-likeness (QED) is 0.831. The van der Waals surface area contributed by atoms with Gasteiger partial charge in [-0.25, -0.2) is 4.39 Å². The lowest BCUT2D eigenvalue weighted by molar-refractivity contribution is -0.118. The molecule has 0 spiro atoms. The van der Waals surface area contributed by atoms with E-state index >= 15 is 0 Å². The highest BCUT2D eigenvalue weighted by Gasteiger charge is 2.52. The highest BCUT2D eigenvalue weighted by atomic mass is 35.5. The molecule has 6 heteroatoms. The van der Waals surface area contributed by atoms with Gasteiger partial charge in [-0.15, -0.1) is 0 Å². The average molecular weight is 273 g/mol. The molecule has 1 saturated carbocycles. The number of hydrogen-bond acceptors (Lipinski definition) is 2. The van der Waals surface area contributed by atoms with Crippen molar-refractivity contribution in [1.29, 1.82) is 0 Å². The molecule has 2 rings (SSSR count). The summed E-state index contributed by atoms with van der Waals surface area (Å²) < 4.78 is 13.6. The second-order valence-electron chi connectivity index (χ2n) is 4.00. The lowest BCUT2D eigenvalue weighted by Gasteiger charge is -2.14. The van der Waals surface area contributed by atoms with Crippen molar-refractivity contribution < 1.29 is 9.18 Å². The van der Waals surface area contributed by atoms with Gasteiger partial charge in [0.1, 0.15) is 0 Å². The van der Waals surface area contributed by atoms with Crippen LogP contribution in [0.4, 0.5) is 10.1 Å². The van der Waals surface area contributed by atoms with Crippen LogP contribution in [0.1, 0.15) is 12.8 Å². The summed E-state index contributed by atoms with van der Waals surface area (Å²) in [5.41, 5.74) is 4.75. The third-order valence-corrected chi connectivity index (χ3v) is 3.54. The largest absolute Gasteiger partial charge is 0.392 e. The third kappa shape index (κ3) is 2.12. The van der Waals surface area contributed by atoms with E-state index in [0.717, 1.165) is 0 Å². The molecule has 0 aliphatic heterocycles. The van der Waals surface area contributed by atoms with Crippen molar-refractivity contribution in [2.45, 2.75) is 12.8 Å². The maximum atomic E-state index is 13.6. The molecule has 90 valence electrons. The van der Waals surface area contributed by atoms with Crippen molar-refractivity contribution in [3.63, 3.8) is 0 Å². The minimum atomic E-state index is -0.801. The molecule has 1 fully saturated rings. The van der Waals surface area contributed by atoms with Crippen LogP contribution in [0.3, 0.4) is 0 Å². The first kappa shape index (κ1) is 12.3. The Kier molecular flexibility index (Phi) is 3.05. The lowest BCUT2D eigenvalue weighted by atomic mass is 10.1. The summed E-state index contributed by atoms with van der Waals surface area (Å²) in [6, 6.07) is 4.41. The first-order valence-electron chi connectivity index (χ1n) is 5.03. The fourth-order valence-electron chi connectivity index (χ4n) is 1.55. The molecule has 1 aromatic carbocycles. The number of anilines is 1. The number of halogens is 2. The van der Waals surface area contributed by atoms with Crippen LogP contribution in [0.2, 0.25) is 5.02 Å². The highest BCUT2D eigenvalue weighted by molar-refractivity contribution is 7.80. The van der Waals surface area contributed by atoms with Crippen LogP contribution in [0.25, 0.3) is 0 Å². The predicted molar refractivity (Wildman–Crippen MR) is 68.5 cm³/mol. The molecule has 0 aromatic heterocycles. The first-order valence-corrected chi connectivity index (χ1v) is 5.81. The molecule has 3 N–H and O–H groups in total. The van der Waals surface area contributed by atoms with Crippen LogP contribution >= 0.6 is 23.8 Å². The fourth-order valence-corrected chi connectivity index (χ4v) is 2.02. The van der Waals surface area contributed by atoms with Gasteiger partial charge in [-0.1, -0.05) is 29.9 Å². The van der Waals surface area contributed by atoms with Gasteiger partial charge in [0, 0.05) is 0 Å². The number of rotatable bonds is 3. The van der Waals surface area contributed by atoms with E-state index in [1.54, 1.807) is 6.07 Å². The minimum absolute atomic E-state index is 0.0389.